The number of nitrogens with one attached hydrogen (secondary N) is 1. The maximum absolute atomic E-state index is 12.2. The topological polar surface area (TPSA) is 102 Å². The van der Waals surface area contributed by atoms with Gasteiger partial charge in [0.25, 0.3) is 5.91 Å². The van der Waals surface area contributed by atoms with E-state index in [1.807, 2.05) is 6.92 Å². The predicted molar refractivity (Wildman–Crippen MR) is 75.2 cm³/mol. The highest BCUT2D eigenvalue weighted by atomic mass is 16.6. The zero-order valence-electron chi connectivity index (χ0n) is 11.7. The smallest absolute Gasteiger partial charge is 0.311 e. The Morgan fingerprint density at radius 1 is 1.48 bits per heavy atom. The van der Waals surface area contributed by atoms with E-state index in [0.717, 1.165) is 18.9 Å². The average molecular weight is 294 g/mol. The highest BCUT2D eigenvalue weighted by Crippen LogP contribution is 2.29. The van der Waals surface area contributed by atoms with E-state index < -0.39 is 22.3 Å². The third kappa shape index (κ3) is 3.49. The van der Waals surface area contributed by atoms with Crippen molar-refractivity contribution in [3.8, 4) is 5.75 Å². The van der Waals surface area contributed by atoms with E-state index in [4.69, 9.17) is 4.74 Å². The van der Waals surface area contributed by atoms with Gasteiger partial charge in [-0.1, -0.05) is 6.07 Å². The molecule has 7 nitrogen and oxygen atoms in total. The highest BCUT2D eigenvalue weighted by Gasteiger charge is 2.25. The molecule has 1 aromatic rings. The number of hydrogen-bond donors (Lipinski definition) is 2. The second kappa shape index (κ2) is 6.53. The van der Waals surface area contributed by atoms with E-state index in [1.54, 1.807) is 0 Å². The molecular weight excluding hydrogens is 276 g/mol. The molecule has 1 saturated heterocycles. The van der Waals surface area contributed by atoms with Crippen molar-refractivity contribution in [2.24, 2.45) is 5.92 Å². The minimum Gasteiger partial charge on any atom is -0.502 e. The van der Waals surface area contributed by atoms with Gasteiger partial charge in [0.2, 0.25) is 5.75 Å². The summed E-state index contributed by atoms with van der Waals surface area (Å²) in [6.07, 6.45) is 1.73. The first-order valence-corrected chi connectivity index (χ1v) is 6.85. The Morgan fingerprint density at radius 2 is 2.14 bits per heavy atom. The molecule has 1 heterocycles. The van der Waals surface area contributed by atoms with Crippen molar-refractivity contribution < 1.29 is 19.6 Å². The maximum atomic E-state index is 12.2. The molecule has 0 aromatic heterocycles. The molecule has 21 heavy (non-hydrogen) atoms. The Bertz CT molecular complexity index is 540. The average Bonchev–Trinajstić information content (AvgIpc) is 2.47. The fourth-order valence-electron chi connectivity index (χ4n) is 2.48. The van der Waals surface area contributed by atoms with Crippen molar-refractivity contribution in [3.63, 3.8) is 0 Å². The molecule has 0 radical (unpaired) electrons. The first-order valence-electron chi connectivity index (χ1n) is 6.85. The fraction of sp³-hybridized carbons (Fsp3) is 0.500. The van der Waals surface area contributed by atoms with Gasteiger partial charge in [-0.3, -0.25) is 14.9 Å². The van der Waals surface area contributed by atoms with Crippen molar-refractivity contribution in [1.82, 2.24) is 5.32 Å². The van der Waals surface area contributed by atoms with Crippen LogP contribution in [0.15, 0.2) is 18.2 Å². The van der Waals surface area contributed by atoms with Crippen LogP contribution in [0.5, 0.6) is 5.75 Å². The van der Waals surface area contributed by atoms with Crippen LogP contribution in [0.4, 0.5) is 5.69 Å². The minimum atomic E-state index is -0.714. The standard InChI is InChI=1S/C14H18N2O5/c1-9(10-5-7-21-8-6-10)15-14(18)11-3-2-4-12(13(11)17)16(19)20/h2-4,9-10,17H,5-8H2,1H3,(H,15,18)/t9-/m0/s1. The molecule has 114 valence electrons. The summed E-state index contributed by atoms with van der Waals surface area (Å²) in [6, 6.07) is 3.83. The maximum Gasteiger partial charge on any atom is 0.311 e. The second-order valence-electron chi connectivity index (χ2n) is 5.14. The predicted octanol–water partition coefficient (Wildman–Crippen LogP) is 1.85. The van der Waals surface area contributed by atoms with Crippen LogP contribution in [0.3, 0.4) is 0 Å². The zero-order valence-corrected chi connectivity index (χ0v) is 11.7. The van der Waals surface area contributed by atoms with Crippen molar-refractivity contribution >= 4 is 11.6 Å². The lowest BCUT2D eigenvalue weighted by Gasteiger charge is -2.28. The number of phenols is 1. The Labute approximate surface area is 122 Å². The fourth-order valence-corrected chi connectivity index (χ4v) is 2.48. The van der Waals surface area contributed by atoms with Crippen LogP contribution in [0.25, 0.3) is 0 Å². The van der Waals surface area contributed by atoms with Crippen molar-refractivity contribution in [2.75, 3.05) is 13.2 Å². The third-order valence-electron chi connectivity index (χ3n) is 3.79. The summed E-state index contributed by atoms with van der Waals surface area (Å²) in [4.78, 5) is 22.2. The van der Waals surface area contributed by atoms with E-state index >= 15 is 0 Å². The van der Waals surface area contributed by atoms with Crippen LogP contribution in [-0.2, 0) is 4.74 Å². The number of rotatable bonds is 4. The zero-order chi connectivity index (χ0) is 15.4. The molecule has 0 bridgehead atoms. The van der Waals surface area contributed by atoms with E-state index in [9.17, 15) is 20.0 Å². The summed E-state index contributed by atoms with van der Waals surface area (Å²) < 4.78 is 5.27. The molecule has 1 aliphatic rings. The molecule has 1 aromatic carbocycles. The van der Waals surface area contributed by atoms with E-state index in [2.05, 4.69) is 5.32 Å². The molecular formula is C14H18N2O5. The summed E-state index contributed by atoms with van der Waals surface area (Å²) in [6.45, 7) is 3.24. The Morgan fingerprint density at radius 3 is 2.76 bits per heavy atom. The van der Waals surface area contributed by atoms with Gasteiger partial charge in [0, 0.05) is 25.3 Å². The number of carbonyl (C=O) groups is 1. The van der Waals surface area contributed by atoms with Gasteiger partial charge >= 0.3 is 5.69 Å². The number of benzene rings is 1. The Hall–Kier alpha value is -2.15. The lowest BCUT2D eigenvalue weighted by molar-refractivity contribution is -0.385. The van der Waals surface area contributed by atoms with Crippen LogP contribution < -0.4 is 5.32 Å². The van der Waals surface area contributed by atoms with Gasteiger partial charge < -0.3 is 15.2 Å². The van der Waals surface area contributed by atoms with E-state index in [-0.39, 0.29) is 11.6 Å². The van der Waals surface area contributed by atoms with Gasteiger partial charge in [-0.2, -0.15) is 0 Å². The van der Waals surface area contributed by atoms with Gasteiger partial charge in [-0.25, -0.2) is 0 Å². The molecule has 1 aliphatic heterocycles. The molecule has 1 amide bonds. The van der Waals surface area contributed by atoms with Gasteiger partial charge in [-0.15, -0.1) is 0 Å². The number of aromatic hydroxyl groups is 1. The third-order valence-corrected chi connectivity index (χ3v) is 3.79. The molecule has 1 fully saturated rings. The Kier molecular flexibility index (Phi) is 4.74. The molecule has 0 spiro atoms. The van der Waals surface area contributed by atoms with Gasteiger partial charge in [0.15, 0.2) is 0 Å². The molecule has 7 heteroatoms. The summed E-state index contributed by atoms with van der Waals surface area (Å²) in [7, 11) is 0. The second-order valence-corrected chi connectivity index (χ2v) is 5.14. The summed E-state index contributed by atoms with van der Waals surface area (Å²) >= 11 is 0. The minimum absolute atomic E-state index is 0.0805. The van der Waals surface area contributed by atoms with Gasteiger partial charge in [0.1, 0.15) is 0 Å². The van der Waals surface area contributed by atoms with Crippen LogP contribution in [0, 0.1) is 16.0 Å². The normalized spacial score (nSPS) is 17.2. The Balaban J connectivity index is 2.09. The number of para-hydroxylation sites is 1. The monoisotopic (exact) mass is 294 g/mol. The molecule has 0 unspecified atom stereocenters. The summed E-state index contributed by atoms with van der Waals surface area (Å²) in [5, 5.41) is 23.4. The first kappa shape index (κ1) is 15.2. The molecule has 1 atom stereocenters. The summed E-state index contributed by atoms with van der Waals surface area (Å²) in [5.41, 5.74) is -0.551. The van der Waals surface area contributed by atoms with E-state index in [1.165, 1.54) is 12.1 Å². The van der Waals surface area contributed by atoms with Crippen LogP contribution >= 0.6 is 0 Å². The highest BCUT2D eigenvalue weighted by molar-refractivity contribution is 5.98. The number of phenolic OH excluding ortho intramolecular Hbond substituents is 1. The van der Waals surface area contributed by atoms with E-state index in [0.29, 0.717) is 19.1 Å². The van der Waals surface area contributed by atoms with Gasteiger partial charge in [0.05, 0.1) is 10.5 Å². The van der Waals surface area contributed by atoms with Crippen molar-refractivity contribution in [3.05, 3.63) is 33.9 Å². The number of carbonyl (C=O) groups excluding carboxylic acids is 1. The number of nitro benzene ring substituents is 1. The number of hydrogen-bond acceptors (Lipinski definition) is 5. The summed E-state index contributed by atoms with van der Waals surface area (Å²) in [5.74, 6) is -0.794. The van der Waals surface area contributed by atoms with Crippen LogP contribution in [0.1, 0.15) is 30.1 Å². The number of ether oxygens (including phenoxy) is 1. The van der Waals surface area contributed by atoms with Gasteiger partial charge in [-0.05, 0) is 31.7 Å². The lowest BCUT2D eigenvalue weighted by atomic mass is 9.92. The SMILES string of the molecule is C[C@H](NC(=O)c1cccc([N+](=O)[O-])c1O)C1CCOCC1. The van der Waals surface area contributed by atoms with Crippen molar-refractivity contribution in [1.29, 1.82) is 0 Å². The number of nitrogens with zero attached hydrogens (tertiary/aromatic N) is 1. The number of nitro groups is 1. The molecule has 2 rings (SSSR count). The van der Waals surface area contributed by atoms with Crippen LogP contribution in [-0.4, -0.2) is 35.2 Å². The van der Waals surface area contributed by atoms with Crippen molar-refractivity contribution in [2.45, 2.75) is 25.8 Å². The molecule has 0 saturated carbocycles. The largest absolute Gasteiger partial charge is 0.502 e. The first-order chi connectivity index (χ1) is 10.0. The quantitative estimate of drug-likeness (QED) is 0.651. The number of amides is 1. The lowest BCUT2D eigenvalue weighted by Crippen LogP contribution is -2.40. The molecule has 0 aliphatic carbocycles. The molecule has 2 N–H and O–H groups in total. The van der Waals surface area contributed by atoms with Crippen LogP contribution in [0.2, 0.25) is 0 Å².